The van der Waals surface area contributed by atoms with E-state index < -0.39 is 18.0 Å². The Morgan fingerprint density at radius 2 is 1.61 bits per heavy atom. The molecule has 0 unspecified atom stereocenters. The number of aliphatic hydroxyl groups excluding tert-OH is 2. The zero-order valence-electron chi connectivity index (χ0n) is 27.4. The highest BCUT2D eigenvalue weighted by Crippen LogP contribution is 2.30. The van der Waals surface area contributed by atoms with E-state index in [2.05, 4.69) is 15.2 Å². The lowest BCUT2D eigenvalue weighted by molar-refractivity contribution is -0.141. The van der Waals surface area contributed by atoms with E-state index in [1.807, 2.05) is 84.9 Å². The number of hydrogen-bond donors (Lipinski definition) is 3. The van der Waals surface area contributed by atoms with Crippen molar-refractivity contribution in [2.45, 2.75) is 32.0 Å². The third kappa shape index (κ3) is 10.3. The molecule has 5 aromatic rings. The van der Waals surface area contributed by atoms with E-state index in [1.165, 1.54) is 0 Å². The van der Waals surface area contributed by atoms with E-state index in [0.717, 1.165) is 16.5 Å². The molecule has 0 fully saturated rings. The van der Waals surface area contributed by atoms with Crippen LogP contribution in [0, 0.1) is 0 Å². The van der Waals surface area contributed by atoms with Crippen LogP contribution in [0.1, 0.15) is 28.4 Å². The number of carbonyl (C=O) groups excluding carboxylic acids is 2. The van der Waals surface area contributed by atoms with E-state index in [0.29, 0.717) is 47.8 Å². The van der Waals surface area contributed by atoms with E-state index in [4.69, 9.17) is 14.2 Å². The van der Waals surface area contributed by atoms with Crippen LogP contribution in [-0.4, -0.2) is 77.0 Å². The second kappa shape index (κ2) is 17.7. The van der Waals surface area contributed by atoms with Crippen molar-refractivity contribution in [2.75, 3.05) is 32.9 Å². The summed E-state index contributed by atoms with van der Waals surface area (Å²) in [7, 11) is 0. The van der Waals surface area contributed by atoms with Crippen LogP contribution in [0.4, 0.5) is 0 Å². The number of nitrogens with one attached hydrogen (secondary N) is 1. The molecule has 4 aromatic carbocycles. The lowest BCUT2D eigenvalue weighted by Crippen LogP contribution is -2.44. The van der Waals surface area contributed by atoms with Gasteiger partial charge in [-0.1, -0.05) is 60.7 Å². The Morgan fingerprint density at radius 1 is 0.878 bits per heavy atom. The number of hydrogen-bond acceptors (Lipinski definition) is 9. The van der Waals surface area contributed by atoms with Crippen molar-refractivity contribution < 1.29 is 34.0 Å². The van der Waals surface area contributed by atoms with Gasteiger partial charge in [-0.15, -0.1) is 0 Å². The first-order valence-electron chi connectivity index (χ1n) is 16.3. The number of ether oxygens (including phenoxy) is 3. The largest absolute Gasteiger partial charge is 0.491 e. The number of aliphatic hydroxyl groups is 2. The Bertz CT molecular complexity index is 1790. The van der Waals surface area contributed by atoms with E-state index in [-0.39, 0.29) is 32.4 Å². The molecule has 254 valence electrons. The molecule has 10 heteroatoms. The predicted octanol–water partition coefficient (Wildman–Crippen LogP) is 5.17. The molecule has 49 heavy (non-hydrogen) atoms. The van der Waals surface area contributed by atoms with E-state index in [9.17, 15) is 19.8 Å². The average molecular weight is 664 g/mol. The molecular weight excluding hydrogens is 622 g/mol. The Balaban J connectivity index is 1.24. The third-order valence-electron chi connectivity index (χ3n) is 7.87. The minimum atomic E-state index is -0.765. The Labute approximate surface area is 285 Å². The van der Waals surface area contributed by atoms with Gasteiger partial charge >= 0.3 is 5.97 Å². The molecule has 1 amide bonds. The summed E-state index contributed by atoms with van der Waals surface area (Å²) in [6, 6.07) is 33.6. The van der Waals surface area contributed by atoms with Gasteiger partial charge in [0.05, 0.1) is 18.7 Å². The Morgan fingerprint density at radius 3 is 2.33 bits per heavy atom. The number of nitrogens with zero attached hydrogens (tertiary/aromatic N) is 2. The highest BCUT2D eigenvalue weighted by Gasteiger charge is 2.22. The van der Waals surface area contributed by atoms with E-state index >= 15 is 0 Å². The number of aromatic nitrogens is 1. The van der Waals surface area contributed by atoms with Crippen LogP contribution < -0.4 is 14.8 Å². The van der Waals surface area contributed by atoms with Gasteiger partial charge in [0.1, 0.15) is 36.5 Å². The van der Waals surface area contributed by atoms with Crippen molar-refractivity contribution in [3.8, 4) is 17.2 Å². The van der Waals surface area contributed by atoms with Gasteiger partial charge in [-0.25, -0.2) is 0 Å². The lowest BCUT2D eigenvalue weighted by atomic mass is 10.0. The molecule has 0 bridgehead atoms. The second-order valence-corrected chi connectivity index (χ2v) is 11.5. The quantitative estimate of drug-likeness (QED) is 0.115. The first-order chi connectivity index (χ1) is 23.9. The fourth-order valence-corrected chi connectivity index (χ4v) is 5.41. The fourth-order valence-electron chi connectivity index (χ4n) is 5.41. The van der Waals surface area contributed by atoms with Crippen LogP contribution in [-0.2, 0) is 22.5 Å². The molecule has 1 aromatic heterocycles. The summed E-state index contributed by atoms with van der Waals surface area (Å²) in [5, 5.41) is 24.7. The number of carbonyl (C=O) groups is 2. The van der Waals surface area contributed by atoms with Crippen molar-refractivity contribution in [1.29, 1.82) is 0 Å². The Kier molecular flexibility index (Phi) is 12.7. The highest BCUT2D eigenvalue weighted by atomic mass is 16.5. The maximum Gasteiger partial charge on any atom is 0.325 e. The van der Waals surface area contributed by atoms with Crippen molar-refractivity contribution in [1.82, 2.24) is 15.2 Å². The molecule has 0 aliphatic heterocycles. The first-order valence-corrected chi connectivity index (χ1v) is 16.3. The van der Waals surface area contributed by atoms with Gasteiger partial charge in [0.25, 0.3) is 5.91 Å². The molecule has 1 heterocycles. The summed E-state index contributed by atoms with van der Waals surface area (Å²) in [4.78, 5) is 30.6. The van der Waals surface area contributed by atoms with Crippen molar-refractivity contribution >= 4 is 22.8 Å². The molecule has 0 saturated heterocycles. The number of benzene rings is 4. The van der Waals surface area contributed by atoms with E-state index in [1.54, 1.807) is 37.4 Å². The number of esters is 1. The molecule has 2 atom stereocenters. The molecule has 0 saturated carbocycles. The minimum Gasteiger partial charge on any atom is -0.491 e. The van der Waals surface area contributed by atoms with Gasteiger partial charge < -0.3 is 29.7 Å². The second-order valence-electron chi connectivity index (χ2n) is 11.5. The summed E-state index contributed by atoms with van der Waals surface area (Å²) in [6.07, 6.45) is 1.40. The Hall–Kier alpha value is -5.29. The van der Waals surface area contributed by atoms with Crippen molar-refractivity contribution in [3.05, 3.63) is 132 Å². The molecular formula is C39H41N3O7. The standard InChI is InChI=1S/C39H41N3O7/c1-2-47-38(45)23-41-39(46)30-15-18-35-36(22-30)40-20-19-37(35)49-34-16-13-28(14-17-34)21-31(26-43)42(24-29-9-5-3-6-10-29)25-32(44)27-48-33-11-7-4-8-12-33/h3-20,22,31-32,43-44H,2,21,23-27H2,1H3,(H,41,46)/t31-,32-/m0/s1. The van der Waals surface area contributed by atoms with Crippen LogP contribution in [0.15, 0.2) is 115 Å². The number of rotatable bonds is 17. The summed E-state index contributed by atoms with van der Waals surface area (Å²) in [5.41, 5.74) is 3.01. The number of amides is 1. The van der Waals surface area contributed by atoms with Crippen LogP contribution in [0.3, 0.4) is 0 Å². The van der Waals surface area contributed by atoms with Gasteiger partial charge in [-0.05, 0) is 73.0 Å². The molecule has 0 spiro atoms. The van der Waals surface area contributed by atoms with Crippen molar-refractivity contribution in [3.63, 3.8) is 0 Å². The number of para-hydroxylation sites is 1. The zero-order valence-corrected chi connectivity index (χ0v) is 27.4. The zero-order chi connectivity index (χ0) is 34.4. The number of fused-ring (bicyclic) bond motifs is 1. The predicted molar refractivity (Wildman–Crippen MR) is 187 cm³/mol. The third-order valence-corrected chi connectivity index (χ3v) is 7.87. The van der Waals surface area contributed by atoms with Crippen LogP contribution >= 0.6 is 0 Å². The highest BCUT2D eigenvalue weighted by molar-refractivity contribution is 5.99. The molecule has 0 radical (unpaired) electrons. The summed E-state index contributed by atoms with van der Waals surface area (Å²) in [5.74, 6) is 0.971. The molecule has 0 aliphatic rings. The monoisotopic (exact) mass is 663 g/mol. The van der Waals surface area contributed by atoms with Gasteiger partial charge in [0.2, 0.25) is 0 Å². The molecule has 10 nitrogen and oxygen atoms in total. The molecule has 0 aliphatic carbocycles. The normalized spacial score (nSPS) is 12.3. The number of pyridine rings is 1. The topological polar surface area (TPSA) is 130 Å². The average Bonchev–Trinajstić information content (AvgIpc) is 3.13. The van der Waals surface area contributed by atoms with Gasteiger partial charge in [0.15, 0.2) is 0 Å². The van der Waals surface area contributed by atoms with Gasteiger partial charge in [-0.2, -0.15) is 0 Å². The van der Waals surface area contributed by atoms with Crippen LogP contribution in [0.25, 0.3) is 10.9 Å². The maximum absolute atomic E-state index is 12.6. The van der Waals surface area contributed by atoms with Crippen molar-refractivity contribution in [2.24, 2.45) is 0 Å². The SMILES string of the molecule is CCOC(=O)CNC(=O)c1ccc2c(Oc3ccc(C[C@@H](CO)N(Cc4ccccc4)C[C@H](O)COc4ccccc4)cc3)ccnc2c1. The summed E-state index contributed by atoms with van der Waals surface area (Å²) < 4.78 is 16.9. The van der Waals surface area contributed by atoms with Gasteiger partial charge in [-0.3, -0.25) is 19.5 Å². The first kappa shape index (κ1) is 35.0. The maximum atomic E-state index is 12.6. The molecule has 5 rings (SSSR count). The minimum absolute atomic E-state index is 0.0941. The molecule has 3 N–H and O–H groups in total. The fraction of sp³-hybridized carbons (Fsp3) is 0.256. The van der Waals surface area contributed by atoms with Crippen LogP contribution in [0.2, 0.25) is 0 Å². The lowest BCUT2D eigenvalue weighted by Gasteiger charge is -2.32. The van der Waals surface area contributed by atoms with Gasteiger partial charge in [0, 0.05) is 36.3 Å². The summed E-state index contributed by atoms with van der Waals surface area (Å²) in [6.45, 7) is 2.64. The van der Waals surface area contributed by atoms with Crippen LogP contribution in [0.5, 0.6) is 17.2 Å². The smallest absolute Gasteiger partial charge is 0.325 e. The summed E-state index contributed by atoms with van der Waals surface area (Å²) >= 11 is 0.